The molecule has 0 spiro atoms. The number of ether oxygens (including phenoxy) is 1. The van der Waals surface area contributed by atoms with Crippen molar-refractivity contribution in [3.63, 3.8) is 0 Å². The van der Waals surface area contributed by atoms with Gasteiger partial charge in [0, 0.05) is 18.8 Å². The van der Waals surface area contributed by atoms with Crippen molar-refractivity contribution in [2.75, 3.05) is 19.9 Å². The van der Waals surface area contributed by atoms with Crippen LogP contribution in [0.15, 0.2) is 52.3 Å². The molecule has 1 atom stereocenters. The van der Waals surface area contributed by atoms with Crippen LogP contribution in [0.4, 0.5) is 0 Å². The average molecular weight is 441 g/mol. The smallest absolute Gasteiger partial charge is 0.255 e. The molecule has 0 aliphatic rings. The molecule has 29 heavy (non-hydrogen) atoms. The molecule has 8 nitrogen and oxygen atoms in total. The molecule has 10 heteroatoms. The maximum Gasteiger partial charge on any atom is 0.255 e. The Morgan fingerprint density at radius 3 is 2.14 bits per heavy atom. The van der Waals surface area contributed by atoms with Gasteiger partial charge in [0.25, 0.3) is 5.91 Å². The van der Waals surface area contributed by atoms with Crippen molar-refractivity contribution in [3.8, 4) is 5.75 Å². The lowest BCUT2D eigenvalue weighted by Crippen LogP contribution is -2.28. The molecule has 0 aliphatic carbocycles. The van der Waals surface area contributed by atoms with Crippen LogP contribution < -0.4 is 14.8 Å². The Morgan fingerprint density at radius 1 is 1.03 bits per heavy atom. The Bertz CT molecular complexity index is 1090. The second-order valence-corrected chi connectivity index (χ2v) is 10.1. The van der Waals surface area contributed by atoms with Crippen LogP contribution >= 0.6 is 0 Å². The fourth-order valence-electron chi connectivity index (χ4n) is 2.66. The van der Waals surface area contributed by atoms with Crippen LogP contribution in [0.1, 0.15) is 35.8 Å². The van der Waals surface area contributed by atoms with Gasteiger partial charge in [0.2, 0.25) is 10.0 Å². The van der Waals surface area contributed by atoms with Gasteiger partial charge in [0.05, 0.1) is 22.5 Å². The van der Waals surface area contributed by atoms with Gasteiger partial charge in [-0.25, -0.2) is 21.6 Å². The highest BCUT2D eigenvalue weighted by molar-refractivity contribution is 7.90. The number of amides is 1. The van der Waals surface area contributed by atoms with Crippen LogP contribution in [-0.4, -0.2) is 42.7 Å². The lowest BCUT2D eigenvalue weighted by atomic mass is 10.1. The number of sulfonamides is 1. The largest absolute Gasteiger partial charge is 0.496 e. The summed E-state index contributed by atoms with van der Waals surface area (Å²) < 4.78 is 56.4. The van der Waals surface area contributed by atoms with E-state index >= 15 is 0 Å². The normalized spacial score (nSPS) is 13.0. The molecule has 0 fully saturated rings. The van der Waals surface area contributed by atoms with E-state index in [-0.39, 0.29) is 21.1 Å². The van der Waals surface area contributed by atoms with Crippen LogP contribution in [0.2, 0.25) is 0 Å². The highest BCUT2D eigenvalue weighted by atomic mass is 32.2. The average Bonchev–Trinajstić information content (AvgIpc) is 2.66. The van der Waals surface area contributed by atoms with Crippen LogP contribution in [0, 0.1) is 0 Å². The summed E-state index contributed by atoms with van der Waals surface area (Å²) in [5.41, 5.74) is 0.709. The zero-order chi connectivity index (χ0) is 21.8. The second-order valence-electron chi connectivity index (χ2n) is 6.41. The first-order chi connectivity index (χ1) is 13.5. The molecule has 0 bridgehead atoms. The molecule has 0 saturated heterocycles. The van der Waals surface area contributed by atoms with E-state index in [1.165, 1.54) is 37.4 Å². The predicted octanol–water partition coefficient (Wildman–Crippen LogP) is 1.89. The van der Waals surface area contributed by atoms with Crippen LogP contribution in [-0.2, 0) is 19.9 Å². The number of hydrogen-bond acceptors (Lipinski definition) is 6. The molecule has 2 N–H and O–H groups in total. The van der Waals surface area contributed by atoms with Gasteiger partial charge in [-0.2, -0.15) is 0 Å². The molecule has 0 aliphatic heterocycles. The number of carbonyl (C=O) groups excluding carboxylic acids is 1. The van der Waals surface area contributed by atoms with Crippen molar-refractivity contribution in [2.45, 2.75) is 29.7 Å². The monoisotopic (exact) mass is 440 g/mol. The number of rotatable bonds is 8. The number of methoxy groups -OCH3 is 1. The fraction of sp³-hybridized carbons (Fsp3) is 0.316. The van der Waals surface area contributed by atoms with Crippen molar-refractivity contribution in [1.29, 1.82) is 0 Å². The van der Waals surface area contributed by atoms with Crippen molar-refractivity contribution in [1.82, 2.24) is 10.0 Å². The lowest BCUT2D eigenvalue weighted by molar-refractivity contribution is 0.0952. The minimum Gasteiger partial charge on any atom is -0.496 e. The summed E-state index contributed by atoms with van der Waals surface area (Å²) in [4.78, 5) is 12.3. The van der Waals surface area contributed by atoms with Gasteiger partial charge in [0.15, 0.2) is 9.84 Å². The van der Waals surface area contributed by atoms with E-state index in [2.05, 4.69) is 10.0 Å². The number of nitrogens with one attached hydrogen (secondary N) is 2. The van der Waals surface area contributed by atoms with E-state index in [0.717, 1.165) is 6.26 Å². The molecule has 0 heterocycles. The van der Waals surface area contributed by atoms with Crippen LogP contribution in [0.5, 0.6) is 5.75 Å². The van der Waals surface area contributed by atoms with Gasteiger partial charge in [-0.1, -0.05) is 12.1 Å². The summed E-state index contributed by atoms with van der Waals surface area (Å²) in [6, 6.07) is 9.37. The zero-order valence-electron chi connectivity index (χ0n) is 16.6. The highest BCUT2D eigenvalue weighted by Crippen LogP contribution is 2.24. The Balaban J connectivity index is 2.31. The first-order valence-electron chi connectivity index (χ1n) is 8.78. The molecule has 158 valence electrons. The SMILES string of the molecule is CCNC(=O)c1cc(S(=O)(=O)NC(C)c2ccc(S(C)(=O)=O)cc2)ccc1OC. The van der Waals surface area contributed by atoms with Gasteiger partial charge >= 0.3 is 0 Å². The molecule has 1 unspecified atom stereocenters. The Morgan fingerprint density at radius 2 is 1.62 bits per heavy atom. The van der Waals surface area contributed by atoms with E-state index in [1.807, 2.05) is 0 Å². The van der Waals surface area contributed by atoms with Gasteiger partial charge < -0.3 is 10.1 Å². The molecular weight excluding hydrogens is 416 g/mol. The molecule has 0 saturated carbocycles. The highest BCUT2D eigenvalue weighted by Gasteiger charge is 2.22. The number of benzene rings is 2. The quantitative estimate of drug-likeness (QED) is 0.647. The molecule has 2 rings (SSSR count). The van der Waals surface area contributed by atoms with Crippen molar-refractivity contribution in [3.05, 3.63) is 53.6 Å². The van der Waals surface area contributed by atoms with E-state index in [4.69, 9.17) is 4.74 Å². The van der Waals surface area contributed by atoms with Crippen molar-refractivity contribution < 1.29 is 26.4 Å². The Kier molecular flexibility index (Phi) is 7.04. The maximum atomic E-state index is 12.8. The van der Waals surface area contributed by atoms with Crippen molar-refractivity contribution >= 4 is 25.8 Å². The second kappa shape index (κ2) is 8.93. The topological polar surface area (TPSA) is 119 Å². The summed E-state index contributed by atoms with van der Waals surface area (Å²) in [7, 11) is -5.89. The Hall–Kier alpha value is -2.43. The molecular formula is C19H24N2O6S2. The van der Waals surface area contributed by atoms with Crippen LogP contribution in [0.25, 0.3) is 0 Å². The van der Waals surface area contributed by atoms with Gasteiger partial charge in [-0.15, -0.1) is 0 Å². The number of hydrogen-bond donors (Lipinski definition) is 2. The standard InChI is InChI=1S/C19H24N2O6S2/c1-5-20-19(22)17-12-16(10-11-18(17)27-3)29(25,26)21-13(2)14-6-8-15(9-7-14)28(4,23)24/h6-13,21H,5H2,1-4H3,(H,20,22). The maximum absolute atomic E-state index is 12.8. The summed E-state index contributed by atoms with van der Waals surface area (Å²) >= 11 is 0. The van der Waals surface area contributed by atoms with E-state index in [1.54, 1.807) is 26.0 Å². The van der Waals surface area contributed by atoms with Crippen LogP contribution in [0.3, 0.4) is 0 Å². The summed E-state index contributed by atoms with van der Waals surface area (Å²) in [5.74, 6) is -0.176. The lowest BCUT2D eigenvalue weighted by Gasteiger charge is -2.16. The summed E-state index contributed by atoms with van der Waals surface area (Å²) in [5, 5.41) is 2.62. The third-order valence-corrected chi connectivity index (χ3v) is 6.87. The van der Waals surface area contributed by atoms with E-state index in [9.17, 15) is 21.6 Å². The fourth-order valence-corrected chi connectivity index (χ4v) is 4.55. The zero-order valence-corrected chi connectivity index (χ0v) is 18.2. The molecule has 1 amide bonds. The third-order valence-electron chi connectivity index (χ3n) is 4.20. The minimum absolute atomic E-state index is 0.0841. The van der Waals surface area contributed by atoms with Gasteiger partial charge in [-0.05, 0) is 49.7 Å². The van der Waals surface area contributed by atoms with E-state index in [0.29, 0.717) is 12.1 Å². The molecule has 0 radical (unpaired) electrons. The summed E-state index contributed by atoms with van der Waals surface area (Å²) in [6.07, 6.45) is 1.10. The minimum atomic E-state index is -3.95. The molecule has 0 aromatic heterocycles. The first kappa shape index (κ1) is 22.9. The number of carbonyl (C=O) groups is 1. The molecule has 2 aromatic rings. The third kappa shape index (κ3) is 5.55. The number of sulfone groups is 1. The van der Waals surface area contributed by atoms with Crippen molar-refractivity contribution in [2.24, 2.45) is 0 Å². The van der Waals surface area contributed by atoms with E-state index < -0.39 is 31.8 Å². The van der Waals surface area contributed by atoms with Gasteiger partial charge in [0.1, 0.15) is 5.75 Å². The predicted molar refractivity (Wildman–Crippen MR) is 109 cm³/mol. The summed E-state index contributed by atoms with van der Waals surface area (Å²) in [6.45, 7) is 3.78. The Labute approximate surface area is 171 Å². The first-order valence-corrected chi connectivity index (χ1v) is 12.2. The molecule has 2 aromatic carbocycles. The van der Waals surface area contributed by atoms with Gasteiger partial charge in [-0.3, -0.25) is 4.79 Å².